The summed E-state index contributed by atoms with van der Waals surface area (Å²) >= 11 is 0. The fourth-order valence-corrected chi connectivity index (χ4v) is 1.74. The Hall–Kier alpha value is -2.14. The Kier molecular flexibility index (Phi) is 3.20. The molecular formula is C12H13N3O2. The van der Waals surface area contributed by atoms with Crippen LogP contribution in [0.1, 0.15) is 21.6 Å². The summed E-state index contributed by atoms with van der Waals surface area (Å²) in [7, 11) is 0. The van der Waals surface area contributed by atoms with Crippen molar-refractivity contribution in [3.63, 3.8) is 0 Å². The third-order valence-electron chi connectivity index (χ3n) is 2.50. The molecule has 0 fully saturated rings. The molecule has 0 saturated carbocycles. The molecule has 0 aliphatic heterocycles. The van der Waals surface area contributed by atoms with Crippen molar-refractivity contribution >= 4 is 5.97 Å². The lowest BCUT2D eigenvalue weighted by Crippen LogP contribution is -2.12. The Morgan fingerprint density at radius 2 is 2.29 bits per heavy atom. The van der Waals surface area contributed by atoms with E-state index in [9.17, 15) is 4.79 Å². The minimum Gasteiger partial charge on any atom is -0.477 e. The van der Waals surface area contributed by atoms with Crippen LogP contribution in [0.2, 0.25) is 0 Å². The number of carbonyl (C=O) groups is 1. The molecule has 0 aromatic carbocycles. The van der Waals surface area contributed by atoms with E-state index in [4.69, 9.17) is 10.8 Å². The number of pyridine rings is 1. The molecule has 0 aliphatic rings. The van der Waals surface area contributed by atoms with Crippen LogP contribution in [0.25, 0.3) is 0 Å². The van der Waals surface area contributed by atoms with E-state index in [0.717, 1.165) is 11.1 Å². The van der Waals surface area contributed by atoms with E-state index in [0.29, 0.717) is 6.42 Å². The number of hydrogen-bond acceptors (Lipinski definition) is 3. The topological polar surface area (TPSA) is 81.1 Å². The van der Waals surface area contributed by atoms with Gasteiger partial charge in [0, 0.05) is 25.0 Å². The number of aromatic nitrogens is 2. The normalized spacial score (nSPS) is 10.4. The second kappa shape index (κ2) is 4.80. The number of nitrogens with two attached hydrogens (primary N) is 1. The van der Waals surface area contributed by atoms with Crippen LogP contribution in [0, 0.1) is 0 Å². The molecule has 2 aromatic heterocycles. The van der Waals surface area contributed by atoms with Gasteiger partial charge in [0.2, 0.25) is 0 Å². The second-order valence-corrected chi connectivity index (χ2v) is 3.73. The summed E-state index contributed by atoms with van der Waals surface area (Å²) in [5, 5.41) is 8.99. The summed E-state index contributed by atoms with van der Waals surface area (Å²) < 4.78 is 1.52. The van der Waals surface area contributed by atoms with Crippen molar-refractivity contribution in [2.24, 2.45) is 5.73 Å². The van der Waals surface area contributed by atoms with Crippen LogP contribution in [0.3, 0.4) is 0 Å². The monoisotopic (exact) mass is 231 g/mol. The molecule has 0 spiro atoms. The predicted molar refractivity (Wildman–Crippen MR) is 62.6 cm³/mol. The van der Waals surface area contributed by atoms with Gasteiger partial charge in [-0.15, -0.1) is 0 Å². The number of carboxylic acids is 1. The van der Waals surface area contributed by atoms with Gasteiger partial charge in [0.15, 0.2) is 0 Å². The van der Waals surface area contributed by atoms with Crippen molar-refractivity contribution < 1.29 is 9.90 Å². The first-order valence-corrected chi connectivity index (χ1v) is 5.22. The Balaban J connectivity index is 2.26. The maximum Gasteiger partial charge on any atom is 0.352 e. The lowest BCUT2D eigenvalue weighted by Gasteiger charge is -1.99. The molecule has 0 unspecified atom stereocenters. The molecule has 3 N–H and O–H groups in total. The zero-order valence-corrected chi connectivity index (χ0v) is 9.21. The van der Waals surface area contributed by atoms with Crippen LogP contribution in [-0.2, 0) is 13.1 Å². The summed E-state index contributed by atoms with van der Waals surface area (Å²) in [5.41, 5.74) is 7.65. The molecular weight excluding hydrogens is 218 g/mol. The molecule has 0 saturated heterocycles. The van der Waals surface area contributed by atoms with Gasteiger partial charge in [-0.25, -0.2) is 4.79 Å². The first-order chi connectivity index (χ1) is 8.20. The van der Waals surface area contributed by atoms with Gasteiger partial charge in [0.25, 0.3) is 0 Å². The van der Waals surface area contributed by atoms with Crippen LogP contribution in [0.15, 0.2) is 36.8 Å². The van der Waals surface area contributed by atoms with Gasteiger partial charge in [-0.05, 0) is 23.3 Å². The number of rotatable bonds is 4. The van der Waals surface area contributed by atoms with Crippen LogP contribution in [-0.4, -0.2) is 20.6 Å². The Morgan fingerprint density at radius 1 is 1.47 bits per heavy atom. The minimum absolute atomic E-state index is 0.161. The average Bonchev–Trinajstić information content (AvgIpc) is 2.73. The Labute approximate surface area is 98.5 Å². The fraction of sp³-hybridized carbons (Fsp3) is 0.167. The van der Waals surface area contributed by atoms with E-state index < -0.39 is 5.97 Å². The third kappa shape index (κ3) is 2.51. The molecule has 0 bridgehead atoms. The number of nitrogens with zero attached hydrogens (tertiary/aromatic N) is 2. The van der Waals surface area contributed by atoms with Gasteiger partial charge >= 0.3 is 5.97 Å². The molecule has 0 amide bonds. The van der Waals surface area contributed by atoms with Crippen LogP contribution in [0.5, 0.6) is 0 Å². The molecule has 5 nitrogen and oxygen atoms in total. The third-order valence-corrected chi connectivity index (χ3v) is 2.50. The van der Waals surface area contributed by atoms with E-state index in [1.54, 1.807) is 24.7 Å². The highest BCUT2D eigenvalue weighted by Crippen LogP contribution is 2.12. The first kappa shape index (κ1) is 11.3. The molecule has 2 heterocycles. The standard InChI is InChI=1S/C12H13N3O2/c13-8-15-7-10(5-11(15)12(16)17)4-9-2-1-3-14-6-9/h1-3,5-7H,4,8,13H2,(H,16,17). The summed E-state index contributed by atoms with van der Waals surface area (Å²) in [5.74, 6) is -0.965. The van der Waals surface area contributed by atoms with E-state index >= 15 is 0 Å². The van der Waals surface area contributed by atoms with Crippen molar-refractivity contribution in [1.82, 2.24) is 9.55 Å². The second-order valence-electron chi connectivity index (χ2n) is 3.73. The summed E-state index contributed by atoms with van der Waals surface area (Å²) in [6, 6.07) is 5.45. The van der Waals surface area contributed by atoms with Gasteiger partial charge in [-0.3, -0.25) is 4.98 Å². The number of carboxylic acid groups (broad SMARTS) is 1. The average molecular weight is 231 g/mol. The summed E-state index contributed by atoms with van der Waals surface area (Å²) in [4.78, 5) is 15.0. The van der Waals surface area contributed by atoms with Gasteiger partial charge in [0.05, 0.1) is 6.67 Å². The lowest BCUT2D eigenvalue weighted by atomic mass is 10.1. The zero-order chi connectivity index (χ0) is 12.3. The van der Waals surface area contributed by atoms with E-state index in [1.807, 2.05) is 12.1 Å². The largest absolute Gasteiger partial charge is 0.477 e. The van der Waals surface area contributed by atoms with Gasteiger partial charge < -0.3 is 15.4 Å². The molecule has 5 heteroatoms. The van der Waals surface area contributed by atoms with Crippen molar-refractivity contribution in [3.8, 4) is 0 Å². The SMILES string of the molecule is NCn1cc(Cc2cccnc2)cc1C(=O)O. The van der Waals surface area contributed by atoms with Crippen molar-refractivity contribution in [2.75, 3.05) is 0 Å². The number of hydrogen-bond donors (Lipinski definition) is 2. The quantitative estimate of drug-likeness (QED) is 0.825. The molecule has 2 rings (SSSR count). The van der Waals surface area contributed by atoms with Crippen molar-refractivity contribution in [2.45, 2.75) is 13.1 Å². The first-order valence-electron chi connectivity index (χ1n) is 5.22. The van der Waals surface area contributed by atoms with E-state index in [2.05, 4.69) is 4.98 Å². The molecule has 17 heavy (non-hydrogen) atoms. The Morgan fingerprint density at radius 3 is 2.82 bits per heavy atom. The zero-order valence-electron chi connectivity index (χ0n) is 9.21. The number of aromatic carboxylic acids is 1. The van der Waals surface area contributed by atoms with Crippen molar-refractivity contribution in [1.29, 1.82) is 0 Å². The van der Waals surface area contributed by atoms with Crippen molar-refractivity contribution in [3.05, 3.63) is 53.6 Å². The minimum atomic E-state index is -0.965. The highest BCUT2D eigenvalue weighted by molar-refractivity contribution is 5.86. The molecule has 0 aliphatic carbocycles. The van der Waals surface area contributed by atoms with Gasteiger partial charge in [-0.1, -0.05) is 6.07 Å². The molecule has 88 valence electrons. The maximum absolute atomic E-state index is 11.0. The smallest absolute Gasteiger partial charge is 0.352 e. The fourth-order valence-electron chi connectivity index (χ4n) is 1.74. The van der Waals surface area contributed by atoms with Crippen LogP contribution in [0.4, 0.5) is 0 Å². The molecule has 0 atom stereocenters. The van der Waals surface area contributed by atoms with E-state index in [1.165, 1.54) is 4.57 Å². The Bertz CT molecular complexity index is 520. The highest BCUT2D eigenvalue weighted by Gasteiger charge is 2.11. The summed E-state index contributed by atoms with van der Waals surface area (Å²) in [6.07, 6.45) is 5.88. The van der Waals surface area contributed by atoms with Crippen LogP contribution >= 0.6 is 0 Å². The molecule has 2 aromatic rings. The lowest BCUT2D eigenvalue weighted by molar-refractivity contribution is 0.0685. The maximum atomic E-state index is 11.0. The summed E-state index contributed by atoms with van der Waals surface area (Å²) in [6.45, 7) is 0.161. The van der Waals surface area contributed by atoms with Crippen LogP contribution < -0.4 is 5.73 Å². The molecule has 0 radical (unpaired) electrons. The van der Waals surface area contributed by atoms with Gasteiger partial charge in [-0.2, -0.15) is 0 Å². The van der Waals surface area contributed by atoms with E-state index in [-0.39, 0.29) is 12.4 Å². The van der Waals surface area contributed by atoms with Gasteiger partial charge in [0.1, 0.15) is 5.69 Å². The predicted octanol–water partition coefficient (Wildman–Crippen LogP) is 1.09. The highest BCUT2D eigenvalue weighted by atomic mass is 16.4.